The maximum Gasteiger partial charge on any atom is 0.121 e. The highest BCUT2D eigenvalue weighted by molar-refractivity contribution is 7.98. The van der Waals surface area contributed by atoms with Gasteiger partial charge in [0.25, 0.3) is 0 Å². The fourth-order valence-corrected chi connectivity index (χ4v) is 2.27. The van der Waals surface area contributed by atoms with E-state index in [1.165, 1.54) is 0 Å². The van der Waals surface area contributed by atoms with E-state index in [0.29, 0.717) is 11.6 Å². The molecule has 4 heteroatoms. The van der Waals surface area contributed by atoms with Gasteiger partial charge in [0, 0.05) is 17.9 Å². The Morgan fingerprint density at radius 3 is 2.82 bits per heavy atom. The third-order valence-corrected chi connectivity index (χ3v) is 3.30. The van der Waals surface area contributed by atoms with E-state index in [9.17, 15) is 0 Å². The molecule has 1 rings (SSSR count). The van der Waals surface area contributed by atoms with Crippen LogP contribution < -0.4 is 10.1 Å². The van der Waals surface area contributed by atoms with E-state index < -0.39 is 0 Å². The van der Waals surface area contributed by atoms with E-state index in [1.54, 1.807) is 31.0 Å². The second-order valence-electron chi connectivity index (χ2n) is 3.73. The Labute approximate surface area is 107 Å². The SMILES string of the molecule is CCC(CSC)Nc1cc(OC)ccc1C#N. The molecule has 0 spiro atoms. The van der Waals surface area contributed by atoms with Crippen molar-refractivity contribution >= 4 is 17.4 Å². The minimum atomic E-state index is 0.379. The van der Waals surface area contributed by atoms with Crippen LogP contribution in [0.4, 0.5) is 5.69 Å². The lowest BCUT2D eigenvalue weighted by Crippen LogP contribution is -2.21. The van der Waals surface area contributed by atoms with Crippen LogP contribution >= 0.6 is 11.8 Å². The molecule has 0 saturated heterocycles. The lowest BCUT2D eigenvalue weighted by Gasteiger charge is -2.18. The van der Waals surface area contributed by atoms with Gasteiger partial charge in [-0.15, -0.1) is 0 Å². The normalized spacial score (nSPS) is 11.6. The predicted octanol–water partition coefficient (Wildman–Crippen LogP) is 3.12. The maximum absolute atomic E-state index is 9.06. The first kappa shape index (κ1) is 13.7. The quantitative estimate of drug-likeness (QED) is 0.842. The van der Waals surface area contributed by atoms with Crippen molar-refractivity contribution in [3.05, 3.63) is 23.8 Å². The number of nitriles is 1. The van der Waals surface area contributed by atoms with Gasteiger partial charge in [0.15, 0.2) is 0 Å². The summed E-state index contributed by atoms with van der Waals surface area (Å²) in [5.74, 6) is 1.80. The third kappa shape index (κ3) is 3.86. The molecular weight excluding hydrogens is 232 g/mol. The van der Waals surface area contributed by atoms with E-state index >= 15 is 0 Å². The number of methoxy groups -OCH3 is 1. The number of nitrogens with zero attached hydrogens (tertiary/aromatic N) is 1. The zero-order chi connectivity index (χ0) is 12.7. The summed E-state index contributed by atoms with van der Waals surface area (Å²) in [4.78, 5) is 0. The van der Waals surface area contributed by atoms with E-state index in [1.807, 2.05) is 6.07 Å². The third-order valence-electron chi connectivity index (χ3n) is 2.57. The van der Waals surface area contributed by atoms with Crippen molar-refractivity contribution in [1.29, 1.82) is 5.26 Å². The second kappa shape index (κ2) is 7.08. The highest BCUT2D eigenvalue weighted by atomic mass is 32.2. The highest BCUT2D eigenvalue weighted by Gasteiger charge is 2.09. The number of anilines is 1. The number of ether oxygens (including phenoxy) is 1. The Hall–Kier alpha value is -1.34. The predicted molar refractivity (Wildman–Crippen MR) is 73.8 cm³/mol. The lowest BCUT2D eigenvalue weighted by molar-refractivity contribution is 0.415. The zero-order valence-corrected chi connectivity index (χ0v) is 11.3. The number of hydrogen-bond acceptors (Lipinski definition) is 4. The van der Waals surface area contributed by atoms with Gasteiger partial charge in [-0.2, -0.15) is 17.0 Å². The maximum atomic E-state index is 9.06. The molecule has 17 heavy (non-hydrogen) atoms. The van der Waals surface area contributed by atoms with Crippen LogP contribution in [0.15, 0.2) is 18.2 Å². The topological polar surface area (TPSA) is 45.0 Å². The van der Waals surface area contributed by atoms with Crippen LogP contribution in [0.1, 0.15) is 18.9 Å². The first-order valence-corrected chi connectivity index (χ1v) is 6.98. The molecule has 0 radical (unpaired) electrons. The van der Waals surface area contributed by atoms with Crippen molar-refractivity contribution in [3.8, 4) is 11.8 Å². The lowest BCUT2D eigenvalue weighted by atomic mass is 10.1. The largest absolute Gasteiger partial charge is 0.497 e. The Morgan fingerprint density at radius 1 is 1.53 bits per heavy atom. The minimum absolute atomic E-state index is 0.379. The minimum Gasteiger partial charge on any atom is -0.497 e. The molecule has 1 aromatic carbocycles. The van der Waals surface area contributed by atoms with E-state index in [4.69, 9.17) is 10.00 Å². The molecule has 92 valence electrons. The molecule has 0 aliphatic carbocycles. The standard InChI is InChI=1S/C13H18N2OS/c1-4-11(9-17-3)15-13-7-12(16-2)6-5-10(13)8-14/h5-7,11,15H,4,9H2,1-3H3. The van der Waals surface area contributed by atoms with E-state index in [-0.39, 0.29) is 0 Å². The van der Waals surface area contributed by atoms with Crippen molar-refractivity contribution in [2.24, 2.45) is 0 Å². The van der Waals surface area contributed by atoms with Gasteiger partial charge in [-0.25, -0.2) is 0 Å². The molecule has 0 aliphatic heterocycles. The van der Waals surface area contributed by atoms with Gasteiger partial charge in [-0.1, -0.05) is 6.92 Å². The Morgan fingerprint density at radius 2 is 2.29 bits per heavy atom. The van der Waals surface area contributed by atoms with Gasteiger partial charge in [-0.05, 0) is 24.8 Å². The summed E-state index contributed by atoms with van der Waals surface area (Å²) in [5, 5.41) is 12.5. The first-order chi connectivity index (χ1) is 8.24. The molecule has 3 nitrogen and oxygen atoms in total. The molecule has 1 aromatic rings. The van der Waals surface area contributed by atoms with Crippen LogP contribution in [0.2, 0.25) is 0 Å². The summed E-state index contributed by atoms with van der Waals surface area (Å²) < 4.78 is 5.17. The van der Waals surface area contributed by atoms with E-state index in [0.717, 1.165) is 23.6 Å². The number of benzene rings is 1. The molecule has 0 aliphatic rings. The van der Waals surface area contributed by atoms with Crippen molar-refractivity contribution in [3.63, 3.8) is 0 Å². The molecule has 0 fully saturated rings. The summed E-state index contributed by atoms with van der Waals surface area (Å²) in [6, 6.07) is 8.04. The molecule has 1 unspecified atom stereocenters. The number of nitrogens with one attached hydrogen (secondary N) is 1. The van der Waals surface area contributed by atoms with Crippen molar-refractivity contribution < 1.29 is 4.74 Å². The van der Waals surface area contributed by atoms with Crippen LogP contribution in [-0.2, 0) is 0 Å². The van der Waals surface area contributed by atoms with Crippen molar-refractivity contribution in [2.75, 3.05) is 24.4 Å². The summed E-state index contributed by atoms with van der Waals surface area (Å²) in [5.41, 5.74) is 1.51. The van der Waals surface area contributed by atoms with Crippen LogP contribution in [-0.4, -0.2) is 25.2 Å². The van der Waals surface area contributed by atoms with Crippen molar-refractivity contribution in [2.45, 2.75) is 19.4 Å². The first-order valence-electron chi connectivity index (χ1n) is 5.58. The van der Waals surface area contributed by atoms with Crippen LogP contribution in [0.3, 0.4) is 0 Å². The summed E-state index contributed by atoms with van der Waals surface area (Å²) in [6.45, 7) is 2.14. The van der Waals surface area contributed by atoms with Gasteiger partial charge < -0.3 is 10.1 Å². The molecule has 0 amide bonds. The molecule has 1 atom stereocenters. The number of hydrogen-bond donors (Lipinski definition) is 1. The smallest absolute Gasteiger partial charge is 0.121 e. The molecule has 0 saturated carbocycles. The average Bonchev–Trinajstić information content (AvgIpc) is 2.38. The summed E-state index contributed by atoms with van der Waals surface area (Å²) in [6.07, 6.45) is 3.12. The molecule has 0 bridgehead atoms. The fourth-order valence-electron chi connectivity index (χ4n) is 1.55. The Kier molecular flexibility index (Phi) is 5.71. The monoisotopic (exact) mass is 250 g/mol. The molecular formula is C13H18N2OS. The van der Waals surface area contributed by atoms with Crippen LogP contribution in [0, 0.1) is 11.3 Å². The number of rotatable bonds is 6. The Bertz CT molecular complexity index is 401. The van der Waals surface area contributed by atoms with Crippen molar-refractivity contribution in [1.82, 2.24) is 0 Å². The summed E-state index contributed by atoms with van der Waals surface area (Å²) in [7, 11) is 1.63. The van der Waals surface area contributed by atoms with Gasteiger partial charge in [-0.3, -0.25) is 0 Å². The van der Waals surface area contributed by atoms with E-state index in [2.05, 4.69) is 24.6 Å². The van der Waals surface area contributed by atoms with Gasteiger partial charge >= 0.3 is 0 Å². The van der Waals surface area contributed by atoms with Crippen LogP contribution in [0.25, 0.3) is 0 Å². The molecule has 1 N–H and O–H groups in total. The molecule has 0 aromatic heterocycles. The average molecular weight is 250 g/mol. The summed E-state index contributed by atoms with van der Waals surface area (Å²) >= 11 is 1.80. The fraction of sp³-hybridized carbons (Fsp3) is 0.462. The second-order valence-corrected chi connectivity index (χ2v) is 4.64. The number of thioether (sulfide) groups is 1. The van der Waals surface area contributed by atoms with Crippen LogP contribution in [0.5, 0.6) is 5.75 Å². The van der Waals surface area contributed by atoms with Gasteiger partial charge in [0.2, 0.25) is 0 Å². The molecule has 0 heterocycles. The van der Waals surface area contributed by atoms with Gasteiger partial charge in [0.1, 0.15) is 11.8 Å². The zero-order valence-electron chi connectivity index (χ0n) is 10.5. The Balaban J connectivity index is 2.90. The highest BCUT2D eigenvalue weighted by Crippen LogP contribution is 2.23. The van der Waals surface area contributed by atoms with Gasteiger partial charge in [0.05, 0.1) is 18.4 Å².